The van der Waals surface area contributed by atoms with Gasteiger partial charge in [0.15, 0.2) is 5.17 Å². The number of carboxylic acid groups (broad SMARTS) is 1. The van der Waals surface area contributed by atoms with Crippen LogP contribution in [0.1, 0.15) is 0 Å². The number of rotatable bonds is 2. The van der Waals surface area contributed by atoms with Crippen LogP contribution >= 0.6 is 11.8 Å². The Morgan fingerprint density at radius 3 is 2.55 bits per heavy atom. The summed E-state index contributed by atoms with van der Waals surface area (Å²) in [7, 11) is 5.06. The van der Waals surface area contributed by atoms with Gasteiger partial charge in [0, 0.05) is 21.1 Å². The van der Waals surface area contributed by atoms with Crippen LogP contribution in [-0.4, -0.2) is 93.9 Å². The third-order valence-corrected chi connectivity index (χ3v) is 4.62. The fraction of sp³-hybridized carbons (Fsp3) is 0.818. The van der Waals surface area contributed by atoms with E-state index >= 15 is 0 Å². The monoisotopic (exact) mass is 305 g/mol. The molecular formula is C11H19N3O5S. The summed E-state index contributed by atoms with van der Waals surface area (Å²) in [4.78, 5) is 18.0. The van der Waals surface area contributed by atoms with E-state index in [1.54, 1.807) is 0 Å². The Kier molecular flexibility index (Phi) is 4.43. The first-order valence-electron chi connectivity index (χ1n) is 6.18. The predicted molar refractivity (Wildman–Crippen MR) is 73.8 cm³/mol. The number of aliphatic hydroxyl groups excluding tert-OH is 2. The maximum Gasteiger partial charge on any atom is 0.407 e. The Hall–Kier alpha value is -1.03. The highest BCUT2D eigenvalue weighted by molar-refractivity contribution is 8.14. The number of aliphatic imine (C=N–C) groups is 1. The smallest absolute Gasteiger partial charge is 0.407 e. The fourth-order valence-electron chi connectivity index (χ4n) is 2.13. The van der Waals surface area contributed by atoms with Gasteiger partial charge in [0.25, 0.3) is 0 Å². The van der Waals surface area contributed by atoms with Crippen molar-refractivity contribution >= 4 is 23.0 Å². The van der Waals surface area contributed by atoms with E-state index in [-0.39, 0.29) is 6.54 Å². The fourth-order valence-corrected chi connectivity index (χ4v) is 3.29. The molecule has 0 aromatic rings. The molecule has 0 aromatic heterocycles. The molecule has 2 rings (SSSR count). The molecule has 114 valence electrons. The molecule has 3 N–H and O–H groups in total. The van der Waals surface area contributed by atoms with Crippen LogP contribution in [0.2, 0.25) is 0 Å². The zero-order valence-corrected chi connectivity index (χ0v) is 12.3. The van der Waals surface area contributed by atoms with Crippen LogP contribution in [0.5, 0.6) is 0 Å². The molecule has 0 aliphatic carbocycles. The normalized spacial score (nSPS) is 36.2. The second-order valence-electron chi connectivity index (χ2n) is 5.10. The summed E-state index contributed by atoms with van der Waals surface area (Å²) in [6.07, 6.45) is -4.10. The van der Waals surface area contributed by atoms with Gasteiger partial charge in [-0.3, -0.25) is 4.99 Å². The first-order valence-corrected chi connectivity index (χ1v) is 7.06. The molecule has 20 heavy (non-hydrogen) atoms. The first-order chi connectivity index (χ1) is 9.31. The van der Waals surface area contributed by atoms with Crippen molar-refractivity contribution < 1.29 is 24.9 Å². The first kappa shape index (κ1) is 15.4. The van der Waals surface area contributed by atoms with E-state index in [2.05, 4.69) is 4.99 Å². The van der Waals surface area contributed by atoms with Crippen LogP contribution in [0.15, 0.2) is 4.99 Å². The van der Waals surface area contributed by atoms with Gasteiger partial charge >= 0.3 is 6.09 Å². The summed E-state index contributed by atoms with van der Waals surface area (Å²) < 4.78 is 5.70. The summed E-state index contributed by atoms with van der Waals surface area (Å²) in [6.45, 7) is -0.00532. The molecule has 1 fully saturated rings. The summed E-state index contributed by atoms with van der Waals surface area (Å²) in [5.74, 6) is 0. The van der Waals surface area contributed by atoms with Gasteiger partial charge in [-0.2, -0.15) is 0 Å². The maximum atomic E-state index is 10.8. The number of likely N-dealkylation sites (N-methyl/N-ethyl adjacent to an activating group) is 1. The van der Waals surface area contributed by atoms with E-state index in [4.69, 9.17) is 9.84 Å². The zero-order chi connectivity index (χ0) is 15.0. The van der Waals surface area contributed by atoms with E-state index < -0.39 is 35.9 Å². The van der Waals surface area contributed by atoms with Crippen LogP contribution in [0.4, 0.5) is 4.79 Å². The number of carbonyl (C=O) groups is 1. The molecular weight excluding hydrogens is 286 g/mol. The Labute approximate surface area is 121 Å². The third kappa shape index (κ3) is 2.85. The molecule has 2 aliphatic heterocycles. The van der Waals surface area contributed by atoms with Crippen molar-refractivity contribution in [3.63, 3.8) is 0 Å². The Morgan fingerprint density at radius 1 is 1.35 bits per heavy atom. The molecule has 0 spiro atoms. The van der Waals surface area contributed by atoms with E-state index in [0.717, 1.165) is 10.1 Å². The number of hydrogen-bond acceptors (Lipinski definition) is 7. The molecule has 8 nitrogen and oxygen atoms in total. The van der Waals surface area contributed by atoms with E-state index in [9.17, 15) is 15.0 Å². The summed E-state index contributed by atoms with van der Waals surface area (Å²) >= 11 is 1.36. The molecule has 5 atom stereocenters. The Balaban J connectivity index is 2.07. The van der Waals surface area contributed by atoms with Crippen molar-refractivity contribution in [1.29, 1.82) is 0 Å². The lowest BCUT2D eigenvalue weighted by atomic mass is 9.98. The minimum atomic E-state index is -1.16. The topological polar surface area (TPSA) is 106 Å². The van der Waals surface area contributed by atoms with Gasteiger partial charge in [-0.1, -0.05) is 11.8 Å². The van der Waals surface area contributed by atoms with Gasteiger partial charge in [-0.15, -0.1) is 0 Å². The number of aliphatic hydroxyl groups is 2. The van der Waals surface area contributed by atoms with Gasteiger partial charge in [0.2, 0.25) is 0 Å². The lowest BCUT2D eigenvalue weighted by Gasteiger charge is -2.39. The summed E-state index contributed by atoms with van der Waals surface area (Å²) in [5, 5.41) is 29.8. The molecule has 2 heterocycles. The Bertz CT molecular complexity index is 419. The zero-order valence-electron chi connectivity index (χ0n) is 11.5. The SMILES string of the molecule is CN(C)C1=N[C@@H]2[C@@H](O)[C@H](O)[C@@H](CN(C)C(=O)O)O[C@@H]2S1. The molecule has 0 unspecified atom stereocenters. The van der Waals surface area contributed by atoms with Gasteiger partial charge in [0.05, 0.1) is 6.54 Å². The molecule has 0 bridgehead atoms. The summed E-state index contributed by atoms with van der Waals surface area (Å²) in [5.41, 5.74) is -0.405. The van der Waals surface area contributed by atoms with Crippen LogP contribution in [0.25, 0.3) is 0 Å². The number of fused-ring (bicyclic) bond motifs is 1. The predicted octanol–water partition coefficient (Wildman–Crippen LogP) is -0.924. The molecule has 0 saturated carbocycles. The molecule has 2 aliphatic rings. The van der Waals surface area contributed by atoms with Crippen LogP contribution in [0.3, 0.4) is 0 Å². The molecule has 0 aromatic carbocycles. The van der Waals surface area contributed by atoms with Crippen molar-refractivity contribution in [3.8, 4) is 0 Å². The van der Waals surface area contributed by atoms with Crippen LogP contribution < -0.4 is 0 Å². The molecule has 0 radical (unpaired) electrons. The van der Waals surface area contributed by atoms with Crippen molar-refractivity contribution in [1.82, 2.24) is 9.80 Å². The number of ether oxygens (including phenoxy) is 1. The number of nitrogens with zero attached hydrogens (tertiary/aromatic N) is 3. The van der Waals surface area contributed by atoms with Gasteiger partial charge < -0.3 is 29.9 Å². The van der Waals surface area contributed by atoms with Crippen LogP contribution in [0, 0.1) is 0 Å². The minimum Gasteiger partial charge on any atom is -0.465 e. The second kappa shape index (κ2) is 5.76. The highest BCUT2D eigenvalue weighted by atomic mass is 32.2. The lowest BCUT2D eigenvalue weighted by molar-refractivity contribution is -0.156. The van der Waals surface area contributed by atoms with E-state index in [0.29, 0.717) is 0 Å². The van der Waals surface area contributed by atoms with Crippen molar-refractivity contribution in [2.24, 2.45) is 4.99 Å². The second-order valence-corrected chi connectivity index (χ2v) is 6.17. The maximum absolute atomic E-state index is 10.8. The average Bonchev–Trinajstić information content (AvgIpc) is 2.79. The average molecular weight is 305 g/mol. The van der Waals surface area contributed by atoms with Crippen molar-refractivity contribution in [2.75, 3.05) is 27.7 Å². The molecule has 9 heteroatoms. The summed E-state index contributed by atoms with van der Waals surface area (Å²) in [6, 6.07) is -0.529. The van der Waals surface area contributed by atoms with Gasteiger partial charge in [0.1, 0.15) is 29.8 Å². The number of thioether (sulfide) groups is 1. The highest BCUT2D eigenvalue weighted by Gasteiger charge is 2.48. The number of amidine groups is 1. The van der Waals surface area contributed by atoms with E-state index in [1.807, 2.05) is 19.0 Å². The Morgan fingerprint density at radius 2 is 2.00 bits per heavy atom. The highest BCUT2D eigenvalue weighted by Crippen LogP contribution is 2.37. The largest absolute Gasteiger partial charge is 0.465 e. The molecule has 1 amide bonds. The molecule has 1 saturated heterocycles. The van der Waals surface area contributed by atoms with Gasteiger partial charge in [-0.25, -0.2) is 4.79 Å². The lowest BCUT2D eigenvalue weighted by Crippen LogP contribution is -2.57. The van der Waals surface area contributed by atoms with Crippen molar-refractivity contribution in [2.45, 2.75) is 29.8 Å². The van der Waals surface area contributed by atoms with Crippen molar-refractivity contribution in [3.05, 3.63) is 0 Å². The number of hydrogen-bond donors (Lipinski definition) is 3. The van der Waals surface area contributed by atoms with Gasteiger partial charge in [-0.05, 0) is 0 Å². The third-order valence-electron chi connectivity index (χ3n) is 3.31. The quantitative estimate of drug-likeness (QED) is 0.605. The standard InChI is InChI=1S/C11H19N3O5S/c1-13(2)10-12-6-8(16)7(15)5(19-9(6)20-10)4-14(3)11(17)18/h5-9,15-16H,4H2,1-3H3,(H,17,18)/t5-,6-,7-,8-,9-/m1/s1. The number of amides is 1. The van der Waals surface area contributed by atoms with Crippen LogP contribution in [-0.2, 0) is 4.74 Å². The van der Waals surface area contributed by atoms with E-state index in [1.165, 1.54) is 18.8 Å². The minimum absolute atomic E-state index is 0.00532.